The molecule has 6 heteroatoms. The zero-order valence-electron chi connectivity index (χ0n) is 13.3. The van der Waals surface area contributed by atoms with Crippen LogP contribution in [0.4, 0.5) is 11.5 Å². The summed E-state index contributed by atoms with van der Waals surface area (Å²) in [7, 11) is 1.62. The number of hydrogen-bond donors (Lipinski definition) is 1. The van der Waals surface area contributed by atoms with E-state index in [1.54, 1.807) is 19.5 Å². The molecule has 2 heterocycles. The second kappa shape index (κ2) is 6.48. The van der Waals surface area contributed by atoms with Crippen molar-refractivity contribution in [1.29, 1.82) is 0 Å². The van der Waals surface area contributed by atoms with Gasteiger partial charge in [-0.2, -0.15) is 0 Å². The van der Waals surface area contributed by atoms with Gasteiger partial charge in [0, 0.05) is 24.1 Å². The third-order valence-corrected chi connectivity index (χ3v) is 3.13. The van der Waals surface area contributed by atoms with Gasteiger partial charge in [0.05, 0.1) is 13.2 Å². The zero-order valence-corrected chi connectivity index (χ0v) is 13.3. The topological polar surface area (TPSA) is 69.2 Å². The lowest BCUT2D eigenvalue weighted by atomic mass is 10.2. The fourth-order valence-electron chi connectivity index (χ4n) is 2.17. The Labute approximate surface area is 134 Å². The summed E-state index contributed by atoms with van der Waals surface area (Å²) >= 11 is 0. The maximum atomic E-state index is 5.71. The number of nitrogens with one attached hydrogen (secondary N) is 1. The van der Waals surface area contributed by atoms with Crippen molar-refractivity contribution in [3.8, 4) is 11.5 Å². The van der Waals surface area contributed by atoms with E-state index in [-0.39, 0.29) is 6.10 Å². The second-order valence-electron chi connectivity index (χ2n) is 5.25. The number of hydrogen-bond acceptors (Lipinski definition) is 6. The van der Waals surface area contributed by atoms with Gasteiger partial charge in [0.1, 0.15) is 11.3 Å². The number of ether oxygens (including phenoxy) is 2. The molecule has 0 fully saturated rings. The van der Waals surface area contributed by atoms with Crippen LogP contribution in [-0.2, 0) is 0 Å². The molecule has 0 radical (unpaired) electrons. The lowest BCUT2D eigenvalue weighted by molar-refractivity contribution is 0.230. The molecule has 3 aromatic rings. The first-order valence-electron chi connectivity index (χ1n) is 7.35. The molecule has 3 rings (SSSR count). The molecule has 0 saturated carbocycles. The predicted octanol–water partition coefficient (Wildman–Crippen LogP) is 3.56. The van der Waals surface area contributed by atoms with Crippen molar-refractivity contribution in [2.75, 3.05) is 12.4 Å². The van der Waals surface area contributed by atoms with Crippen LogP contribution in [0.5, 0.6) is 11.5 Å². The van der Waals surface area contributed by atoms with Crippen molar-refractivity contribution in [1.82, 2.24) is 15.0 Å². The Kier molecular flexibility index (Phi) is 4.23. The first kappa shape index (κ1) is 15.0. The smallest absolute Gasteiger partial charge is 0.180 e. The SMILES string of the molecule is COc1cc(Nc2ccc3nccnc3n2)ccc1OC(C)C. The fourth-order valence-corrected chi connectivity index (χ4v) is 2.17. The van der Waals surface area contributed by atoms with Gasteiger partial charge in [-0.25, -0.2) is 9.97 Å². The summed E-state index contributed by atoms with van der Waals surface area (Å²) in [5.41, 5.74) is 2.22. The minimum atomic E-state index is 0.0865. The average molecular weight is 310 g/mol. The molecule has 0 unspecified atom stereocenters. The lowest BCUT2D eigenvalue weighted by Gasteiger charge is -2.15. The zero-order chi connectivity index (χ0) is 16.2. The molecule has 118 valence electrons. The molecule has 0 aliphatic heterocycles. The molecule has 0 aliphatic rings. The Morgan fingerprint density at radius 2 is 1.83 bits per heavy atom. The minimum absolute atomic E-state index is 0.0865. The van der Waals surface area contributed by atoms with Crippen LogP contribution in [0.3, 0.4) is 0 Å². The van der Waals surface area contributed by atoms with Crippen LogP contribution < -0.4 is 14.8 Å². The molecule has 1 N–H and O–H groups in total. The number of aromatic nitrogens is 3. The van der Waals surface area contributed by atoms with E-state index in [9.17, 15) is 0 Å². The summed E-state index contributed by atoms with van der Waals surface area (Å²) in [4.78, 5) is 12.9. The van der Waals surface area contributed by atoms with E-state index in [1.165, 1.54) is 0 Å². The molecule has 0 aliphatic carbocycles. The Morgan fingerprint density at radius 1 is 1.00 bits per heavy atom. The Bertz CT molecular complexity index is 821. The fraction of sp³-hybridized carbons (Fsp3) is 0.235. The van der Waals surface area contributed by atoms with Gasteiger partial charge in [-0.3, -0.25) is 4.98 Å². The number of anilines is 2. The molecule has 0 amide bonds. The summed E-state index contributed by atoms with van der Waals surface area (Å²) in [5, 5.41) is 3.24. The van der Waals surface area contributed by atoms with Crippen molar-refractivity contribution in [2.24, 2.45) is 0 Å². The second-order valence-corrected chi connectivity index (χ2v) is 5.25. The first-order chi connectivity index (χ1) is 11.2. The Morgan fingerprint density at radius 3 is 2.61 bits per heavy atom. The van der Waals surface area contributed by atoms with Gasteiger partial charge < -0.3 is 14.8 Å². The number of nitrogens with zero attached hydrogens (tertiary/aromatic N) is 3. The van der Waals surface area contributed by atoms with Crippen molar-refractivity contribution in [3.05, 3.63) is 42.7 Å². The number of rotatable bonds is 5. The van der Waals surface area contributed by atoms with Crippen molar-refractivity contribution < 1.29 is 9.47 Å². The molecule has 2 aromatic heterocycles. The minimum Gasteiger partial charge on any atom is -0.493 e. The van der Waals surface area contributed by atoms with Gasteiger partial charge >= 0.3 is 0 Å². The Hall–Kier alpha value is -2.89. The van der Waals surface area contributed by atoms with Gasteiger partial charge in [0.2, 0.25) is 0 Å². The van der Waals surface area contributed by atoms with E-state index in [2.05, 4.69) is 20.3 Å². The molecule has 1 aromatic carbocycles. The highest BCUT2D eigenvalue weighted by molar-refractivity contribution is 5.73. The maximum Gasteiger partial charge on any atom is 0.180 e. The van der Waals surface area contributed by atoms with Crippen LogP contribution in [0, 0.1) is 0 Å². The molecular formula is C17H18N4O2. The van der Waals surface area contributed by atoms with Crippen molar-refractivity contribution in [3.63, 3.8) is 0 Å². The van der Waals surface area contributed by atoms with Crippen LogP contribution in [0.25, 0.3) is 11.2 Å². The Balaban J connectivity index is 1.86. The normalized spacial score (nSPS) is 10.8. The largest absolute Gasteiger partial charge is 0.493 e. The van der Waals surface area contributed by atoms with Crippen molar-refractivity contribution >= 4 is 22.7 Å². The molecule has 0 saturated heterocycles. The summed E-state index contributed by atoms with van der Waals surface area (Å²) in [5.74, 6) is 2.08. The van der Waals surface area contributed by atoms with Gasteiger partial charge in [-0.1, -0.05) is 0 Å². The predicted molar refractivity (Wildman–Crippen MR) is 89.4 cm³/mol. The average Bonchev–Trinajstić information content (AvgIpc) is 2.55. The highest BCUT2D eigenvalue weighted by atomic mass is 16.5. The maximum absolute atomic E-state index is 5.71. The van der Waals surface area contributed by atoms with E-state index in [4.69, 9.17) is 9.47 Å². The molecule has 23 heavy (non-hydrogen) atoms. The van der Waals surface area contributed by atoms with Gasteiger partial charge in [-0.05, 0) is 38.1 Å². The van der Waals surface area contributed by atoms with Crippen molar-refractivity contribution in [2.45, 2.75) is 20.0 Å². The summed E-state index contributed by atoms with van der Waals surface area (Å²) in [6, 6.07) is 9.41. The van der Waals surface area contributed by atoms with Gasteiger partial charge in [-0.15, -0.1) is 0 Å². The first-order valence-corrected chi connectivity index (χ1v) is 7.35. The molecule has 0 spiro atoms. The van der Waals surface area contributed by atoms with Gasteiger partial charge in [0.25, 0.3) is 0 Å². The molecule has 0 bridgehead atoms. The molecular weight excluding hydrogens is 292 g/mol. The van der Waals surface area contributed by atoms with Crippen LogP contribution in [0.1, 0.15) is 13.8 Å². The number of methoxy groups -OCH3 is 1. The van der Waals surface area contributed by atoms with E-state index >= 15 is 0 Å². The summed E-state index contributed by atoms with van der Waals surface area (Å²) in [6.07, 6.45) is 3.36. The van der Waals surface area contributed by atoms with E-state index in [0.29, 0.717) is 23.0 Å². The van der Waals surface area contributed by atoms with Crippen LogP contribution in [0.2, 0.25) is 0 Å². The molecule has 6 nitrogen and oxygen atoms in total. The van der Waals surface area contributed by atoms with Crippen LogP contribution >= 0.6 is 0 Å². The molecule has 0 atom stereocenters. The van der Waals surface area contributed by atoms with E-state index in [0.717, 1.165) is 11.2 Å². The number of benzene rings is 1. The van der Waals surface area contributed by atoms with E-state index in [1.807, 2.05) is 44.2 Å². The number of fused-ring (bicyclic) bond motifs is 1. The number of pyridine rings is 1. The highest BCUT2D eigenvalue weighted by Crippen LogP contribution is 2.32. The van der Waals surface area contributed by atoms with Gasteiger partial charge in [0.15, 0.2) is 17.1 Å². The summed E-state index contributed by atoms with van der Waals surface area (Å²) in [6.45, 7) is 3.96. The summed E-state index contributed by atoms with van der Waals surface area (Å²) < 4.78 is 11.1. The van der Waals surface area contributed by atoms with E-state index < -0.39 is 0 Å². The standard InChI is InChI=1S/C17H18N4O2/c1-11(2)23-14-6-4-12(10-15(14)22-3)20-16-7-5-13-17(21-16)19-9-8-18-13/h4-11H,1-3H3,(H,19,20,21). The van der Waals surface area contributed by atoms with Crippen LogP contribution in [-0.4, -0.2) is 28.2 Å². The third-order valence-electron chi connectivity index (χ3n) is 3.13. The highest BCUT2D eigenvalue weighted by Gasteiger charge is 2.08. The monoisotopic (exact) mass is 310 g/mol. The quantitative estimate of drug-likeness (QED) is 0.777. The lowest BCUT2D eigenvalue weighted by Crippen LogP contribution is -2.06. The third kappa shape index (κ3) is 3.48. The van der Waals surface area contributed by atoms with Crippen LogP contribution in [0.15, 0.2) is 42.7 Å².